The molecule has 21 heavy (non-hydrogen) atoms. The number of carbonyl (C=O) groups is 2. The van der Waals surface area contributed by atoms with Crippen molar-refractivity contribution in [3.8, 4) is 5.75 Å². The zero-order valence-electron chi connectivity index (χ0n) is 11.2. The van der Waals surface area contributed by atoms with Gasteiger partial charge in [0, 0.05) is 5.56 Å². The van der Waals surface area contributed by atoms with Crippen LogP contribution < -0.4 is 4.74 Å². The number of carbonyl (C=O) groups excluding carboxylic acids is 1. The summed E-state index contributed by atoms with van der Waals surface area (Å²) in [5.41, 5.74) is 0.575. The van der Waals surface area contributed by atoms with E-state index in [0.717, 1.165) is 0 Å². The Morgan fingerprint density at radius 3 is 2.43 bits per heavy atom. The van der Waals surface area contributed by atoms with Crippen molar-refractivity contribution in [1.82, 2.24) is 4.98 Å². The first-order valence-electron chi connectivity index (χ1n) is 6.07. The predicted octanol–water partition coefficient (Wildman–Crippen LogP) is 2.87. The Balaban J connectivity index is 2.26. The highest BCUT2D eigenvalue weighted by atomic mass is 35.5. The second-order valence-electron chi connectivity index (χ2n) is 4.26. The Bertz CT molecular complexity index is 683. The van der Waals surface area contributed by atoms with Gasteiger partial charge in [-0.15, -0.1) is 0 Å². The molecule has 0 saturated carbocycles. The highest BCUT2D eigenvalue weighted by Crippen LogP contribution is 2.16. The van der Waals surface area contributed by atoms with Gasteiger partial charge in [-0.1, -0.05) is 11.6 Å². The molecule has 2 aromatic rings. The molecule has 0 spiro atoms. The van der Waals surface area contributed by atoms with E-state index in [4.69, 9.17) is 21.4 Å². The molecule has 108 valence electrons. The Hall–Kier alpha value is -2.40. The SMILES string of the molecule is COc1ccc(C(=O)Cc2nc(Cl)ccc2C(=O)O)cc1. The highest BCUT2D eigenvalue weighted by Gasteiger charge is 2.16. The highest BCUT2D eigenvalue weighted by molar-refractivity contribution is 6.29. The Kier molecular flexibility index (Phi) is 4.55. The molecule has 0 aliphatic carbocycles. The predicted molar refractivity (Wildman–Crippen MR) is 77.2 cm³/mol. The number of aromatic nitrogens is 1. The second kappa shape index (κ2) is 6.37. The van der Waals surface area contributed by atoms with E-state index in [9.17, 15) is 9.59 Å². The van der Waals surface area contributed by atoms with Gasteiger partial charge < -0.3 is 9.84 Å². The first kappa shape index (κ1) is 15.0. The molecule has 0 radical (unpaired) electrons. The zero-order chi connectivity index (χ0) is 15.4. The number of pyridine rings is 1. The average molecular weight is 306 g/mol. The normalized spacial score (nSPS) is 10.2. The van der Waals surface area contributed by atoms with Gasteiger partial charge >= 0.3 is 5.97 Å². The standard InChI is InChI=1S/C15H12ClNO4/c1-21-10-4-2-9(3-5-10)13(18)8-12-11(15(19)20)6-7-14(16)17-12/h2-7H,8H2,1H3,(H,19,20). The summed E-state index contributed by atoms with van der Waals surface area (Å²) in [5, 5.41) is 9.25. The van der Waals surface area contributed by atoms with Gasteiger partial charge in [-0.25, -0.2) is 9.78 Å². The number of carboxylic acid groups (broad SMARTS) is 1. The molecule has 1 aromatic carbocycles. The smallest absolute Gasteiger partial charge is 0.337 e. The van der Waals surface area contributed by atoms with Crippen LogP contribution in [0.5, 0.6) is 5.75 Å². The van der Waals surface area contributed by atoms with Crippen molar-refractivity contribution in [1.29, 1.82) is 0 Å². The molecular weight excluding hydrogens is 294 g/mol. The van der Waals surface area contributed by atoms with Crippen molar-refractivity contribution in [3.05, 3.63) is 58.4 Å². The van der Waals surface area contributed by atoms with E-state index in [-0.39, 0.29) is 28.6 Å². The molecule has 1 heterocycles. The molecule has 1 N–H and O–H groups in total. The molecule has 0 saturated heterocycles. The summed E-state index contributed by atoms with van der Waals surface area (Å²) >= 11 is 5.76. The largest absolute Gasteiger partial charge is 0.497 e. The first-order valence-corrected chi connectivity index (χ1v) is 6.45. The summed E-state index contributed by atoms with van der Waals surface area (Å²) in [6.07, 6.45) is -0.130. The van der Waals surface area contributed by atoms with Gasteiger partial charge in [-0.05, 0) is 36.4 Å². The summed E-state index contributed by atoms with van der Waals surface area (Å²) in [4.78, 5) is 27.2. The van der Waals surface area contributed by atoms with Crippen molar-refractivity contribution in [2.45, 2.75) is 6.42 Å². The number of methoxy groups -OCH3 is 1. The van der Waals surface area contributed by atoms with Crippen LogP contribution in [0.4, 0.5) is 0 Å². The van der Waals surface area contributed by atoms with Crippen LogP contribution in [0.25, 0.3) is 0 Å². The number of halogens is 1. The molecule has 1 aromatic heterocycles. The monoisotopic (exact) mass is 305 g/mol. The van der Waals surface area contributed by atoms with Crippen molar-refractivity contribution in [3.63, 3.8) is 0 Å². The number of ether oxygens (including phenoxy) is 1. The van der Waals surface area contributed by atoms with Crippen LogP contribution in [-0.2, 0) is 6.42 Å². The first-order chi connectivity index (χ1) is 10.0. The average Bonchev–Trinajstić information content (AvgIpc) is 2.47. The van der Waals surface area contributed by atoms with Crippen LogP contribution in [0.15, 0.2) is 36.4 Å². The van der Waals surface area contributed by atoms with Crippen LogP contribution in [0, 0.1) is 0 Å². The lowest BCUT2D eigenvalue weighted by Crippen LogP contribution is -2.11. The number of carboxylic acids is 1. The Morgan fingerprint density at radius 1 is 1.19 bits per heavy atom. The zero-order valence-corrected chi connectivity index (χ0v) is 11.9. The quantitative estimate of drug-likeness (QED) is 0.679. The maximum absolute atomic E-state index is 12.2. The lowest BCUT2D eigenvalue weighted by molar-refractivity contribution is 0.0695. The van der Waals surface area contributed by atoms with E-state index in [2.05, 4.69) is 4.98 Å². The number of aromatic carboxylic acids is 1. The van der Waals surface area contributed by atoms with E-state index in [0.29, 0.717) is 11.3 Å². The number of hydrogen-bond acceptors (Lipinski definition) is 4. The fourth-order valence-electron chi connectivity index (χ4n) is 1.84. The molecule has 0 amide bonds. The summed E-state index contributed by atoms with van der Waals surface area (Å²) in [5.74, 6) is -0.745. The van der Waals surface area contributed by atoms with Crippen molar-refractivity contribution in [2.24, 2.45) is 0 Å². The molecule has 0 aliphatic heterocycles. The molecule has 0 aliphatic rings. The fourth-order valence-corrected chi connectivity index (χ4v) is 2.00. The lowest BCUT2D eigenvalue weighted by Gasteiger charge is -2.06. The third-order valence-electron chi connectivity index (χ3n) is 2.91. The Labute approximate surface area is 126 Å². The molecule has 5 nitrogen and oxygen atoms in total. The maximum atomic E-state index is 12.2. The van der Waals surface area contributed by atoms with Gasteiger partial charge in [-0.2, -0.15) is 0 Å². The van der Waals surface area contributed by atoms with Crippen LogP contribution in [0.2, 0.25) is 5.15 Å². The van der Waals surface area contributed by atoms with Crippen LogP contribution >= 0.6 is 11.6 Å². The van der Waals surface area contributed by atoms with Gasteiger partial charge in [-0.3, -0.25) is 4.79 Å². The summed E-state index contributed by atoms with van der Waals surface area (Å²) < 4.78 is 5.01. The number of benzene rings is 1. The van der Waals surface area contributed by atoms with E-state index in [1.54, 1.807) is 24.3 Å². The second-order valence-corrected chi connectivity index (χ2v) is 4.65. The van der Waals surface area contributed by atoms with Crippen LogP contribution in [0.1, 0.15) is 26.4 Å². The minimum atomic E-state index is -1.14. The minimum absolute atomic E-state index is 0.0266. The molecule has 0 bridgehead atoms. The maximum Gasteiger partial charge on any atom is 0.337 e. The Morgan fingerprint density at radius 2 is 1.86 bits per heavy atom. The van der Waals surface area contributed by atoms with E-state index in [1.165, 1.54) is 19.2 Å². The van der Waals surface area contributed by atoms with Crippen LogP contribution in [-0.4, -0.2) is 29.0 Å². The fraction of sp³-hybridized carbons (Fsp3) is 0.133. The van der Waals surface area contributed by atoms with Gasteiger partial charge in [0.05, 0.1) is 24.8 Å². The molecule has 6 heteroatoms. The van der Waals surface area contributed by atoms with Crippen molar-refractivity contribution >= 4 is 23.4 Å². The third kappa shape index (κ3) is 3.58. The summed E-state index contributed by atoms with van der Waals surface area (Å²) in [7, 11) is 1.53. The number of rotatable bonds is 5. The molecule has 0 unspecified atom stereocenters. The lowest BCUT2D eigenvalue weighted by atomic mass is 10.0. The van der Waals surface area contributed by atoms with Gasteiger partial charge in [0.25, 0.3) is 0 Å². The van der Waals surface area contributed by atoms with E-state index >= 15 is 0 Å². The molecule has 2 rings (SSSR count). The minimum Gasteiger partial charge on any atom is -0.497 e. The topological polar surface area (TPSA) is 76.5 Å². The number of nitrogens with zero attached hydrogens (tertiary/aromatic N) is 1. The third-order valence-corrected chi connectivity index (χ3v) is 3.12. The summed E-state index contributed by atoms with van der Waals surface area (Å²) in [6, 6.07) is 9.28. The van der Waals surface area contributed by atoms with Gasteiger partial charge in [0.1, 0.15) is 10.9 Å². The molecule has 0 atom stereocenters. The molecular formula is C15H12ClNO4. The number of hydrogen-bond donors (Lipinski definition) is 1. The van der Waals surface area contributed by atoms with Gasteiger partial charge in [0.2, 0.25) is 0 Å². The van der Waals surface area contributed by atoms with Gasteiger partial charge in [0.15, 0.2) is 5.78 Å². The number of Topliss-reactive ketones (excluding diaryl/α,β-unsaturated/α-hetero) is 1. The van der Waals surface area contributed by atoms with E-state index in [1.807, 2.05) is 0 Å². The van der Waals surface area contributed by atoms with E-state index < -0.39 is 5.97 Å². The summed E-state index contributed by atoms with van der Waals surface area (Å²) in [6.45, 7) is 0. The van der Waals surface area contributed by atoms with Crippen LogP contribution in [0.3, 0.4) is 0 Å². The van der Waals surface area contributed by atoms with Crippen molar-refractivity contribution < 1.29 is 19.4 Å². The molecule has 0 fully saturated rings. The number of ketones is 1. The van der Waals surface area contributed by atoms with Crippen molar-refractivity contribution in [2.75, 3.05) is 7.11 Å².